The van der Waals surface area contributed by atoms with Crippen LogP contribution in [0.5, 0.6) is 0 Å². The van der Waals surface area contributed by atoms with Crippen molar-refractivity contribution < 1.29 is 34.0 Å². The molecule has 0 spiro atoms. The summed E-state index contributed by atoms with van der Waals surface area (Å²) in [5.74, 6) is -1.75. The third kappa shape index (κ3) is 6.71. The van der Waals surface area contributed by atoms with E-state index in [0.29, 0.717) is 17.8 Å². The molecule has 9 nitrogen and oxygen atoms in total. The summed E-state index contributed by atoms with van der Waals surface area (Å²) in [5, 5.41) is 24.5. The van der Waals surface area contributed by atoms with Gasteiger partial charge in [0.05, 0.1) is 35.3 Å². The number of aromatic nitrogens is 1. The van der Waals surface area contributed by atoms with Gasteiger partial charge in [-0.05, 0) is 44.3 Å². The molecule has 3 heterocycles. The molecule has 4 N–H and O–H groups in total. The molecule has 8 atom stereocenters. The minimum Gasteiger partial charge on any atom is -0.455 e. The van der Waals surface area contributed by atoms with Crippen molar-refractivity contribution >= 4 is 29.2 Å². The van der Waals surface area contributed by atoms with E-state index in [2.05, 4.69) is 4.98 Å². The molecule has 214 valence electrons. The number of thiazole rings is 1. The zero-order valence-electron chi connectivity index (χ0n) is 23.6. The molecule has 0 amide bonds. The van der Waals surface area contributed by atoms with Crippen molar-refractivity contribution in [2.75, 3.05) is 7.11 Å². The second kappa shape index (κ2) is 12.2. The monoisotopic (exact) mass is 552 g/mol. The number of aliphatic hydroxyl groups is 2. The molecular weight excluding hydrogens is 508 g/mol. The van der Waals surface area contributed by atoms with E-state index in [-0.39, 0.29) is 24.2 Å². The summed E-state index contributed by atoms with van der Waals surface area (Å²) >= 11 is 1.45. The fourth-order valence-corrected chi connectivity index (χ4v) is 6.08. The number of nitrogens with zero attached hydrogens (tertiary/aromatic N) is 1. The van der Waals surface area contributed by atoms with E-state index in [1.54, 1.807) is 27.9 Å². The van der Waals surface area contributed by atoms with E-state index in [4.69, 9.17) is 19.9 Å². The summed E-state index contributed by atoms with van der Waals surface area (Å²) in [7, 11) is 1.56. The van der Waals surface area contributed by atoms with Crippen LogP contribution in [0.1, 0.15) is 77.9 Å². The predicted octanol–water partition coefficient (Wildman–Crippen LogP) is 3.25. The molecule has 10 heteroatoms. The molecule has 0 aliphatic carbocycles. The van der Waals surface area contributed by atoms with Gasteiger partial charge in [0.2, 0.25) is 0 Å². The number of epoxide rings is 1. The maximum atomic E-state index is 13.3. The van der Waals surface area contributed by atoms with Gasteiger partial charge in [-0.1, -0.05) is 34.1 Å². The number of methoxy groups -OCH3 is 1. The Morgan fingerprint density at radius 3 is 2.58 bits per heavy atom. The minimum absolute atomic E-state index is 0.117. The molecule has 2 fully saturated rings. The lowest BCUT2D eigenvalue weighted by Gasteiger charge is -2.35. The number of hydrogen-bond donors (Lipinski definition) is 3. The summed E-state index contributed by atoms with van der Waals surface area (Å²) in [6.07, 6.45) is -0.136. The first-order valence-corrected chi connectivity index (χ1v) is 14.3. The number of esters is 1. The molecule has 0 bridgehead atoms. The van der Waals surface area contributed by atoms with Crippen LogP contribution in [0, 0.1) is 17.3 Å². The first-order valence-electron chi connectivity index (χ1n) is 13.4. The van der Waals surface area contributed by atoms with Gasteiger partial charge in [-0.3, -0.25) is 9.59 Å². The van der Waals surface area contributed by atoms with Gasteiger partial charge < -0.3 is 30.2 Å². The van der Waals surface area contributed by atoms with Crippen molar-refractivity contribution in [2.24, 2.45) is 23.0 Å². The minimum atomic E-state index is -1.29. The maximum absolute atomic E-state index is 13.3. The predicted molar refractivity (Wildman–Crippen MR) is 145 cm³/mol. The molecule has 0 aromatic carbocycles. The van der Waals surface area contributed by atoms with Crippen molar-refractivity contribution in [2.45, 2.75) is 110 Å². The quantitative estimate of drug-likeness (QED) is 0.379. The molecule has 0 radical (unpaired) electrons. The van der Waals surface area contributed by atoms with Crippen molar-refractivity contribution in [3.8, 4) is 0 Å². The fourth-order valence-electron chi connectivity index (χ4n) is 5.44. The molecule has 3 rings (SSSR count). The molecule has 1 unspecified atom stereocenters. The smallest absolute Gasteiger partial charge is 0.309 e. The van der Waals surface area contributed by atoms with Crippen molar-refractivity contribution in [1.29, 1.82) is 0 Å². The van der Waals surface area contributed by atoms with Gasteiger partial charge >= 0.3 is 5.97 Å². The number of carbonyl (C=O) groups is 2. The molecule has 0 saturated carbocycles. The highest BCUT2D eigenvalue weighted by atomic mass is 32.1. The van der Waals surface area contributed by atoms with Crippen LogP contribution in [0.2, 0.25) is 0 Å². The number of hydrogen-bond acceptors (Lipinski definition) is 10. The van der Waals surface area contributed by atoms with Crippen molar-refractivity contribution in [3.63, 3.8) is 0 Å². The van der Waals surface area contributed by atoms with Crippen LogP contribution in [0.3, 0.4) is 0 Å². The molecule has 2 aliphatic rings. The van der Waals surface area contributed by atoms with Crippen LogP contribution >= 0.6 is 11.3 Å². The average molecular weight is 553 g/mol. The maximum Gasteiger partial charge on any atom is 0.309 e. The number of ketones is 1. The Balaban J connectivity index is 1.95. The van der Waals surface area contributed by atoms with Crippen LogP contribution in [0.25, 0.3) is 6.08 Å². The number of aliphatic hydroxyl groups excluding tert-OH is 2. The summed E-state index contributed by atoms with van der Waals surface area (Å²) in [5.41, 5.74) is 5.41. The van der Waals surface area contributed by atoms with Crippen LogP contribution in [0.4, 0.5) is 0 Å². The van der Waals surface area contributed by atoms with Gasteiger partial charge in [-0.15, -0.1) is 11.3 Å². The fraction of sp³-hybridized carbons (Fsp3) is 0.750. The Morgan fingerprint density at radius 2 is 1.97 bits per heavy atom. The first-order chi connectivity index (χ1) is 17.7. The van der Waals surface area contributed by atoms with Crippen LogP contribution < -0.4 is 5.73 Å². The Bertz CT molecular complexity index is 1020. The number of carbonyl (C=O) groups excluding carboxylic acids is 2. The van der Waals surface area contributed by atoms with Crippen LogP contribution in [0.15, 0.2) is 11.0 Å². The summed E-state index contributed by atoms with van der Waals surface area (Å²) in [6.45, 7) is 11.0. The lowest BCUT2D eigenvalue weighted by molar-refractivity contribution is -0.159. The van der Waals surface area contributed by atoms with Gasteiger partial charge in [-0.2, -0.15) is 0 Å². The standard InChI is InChI=1S/C28H44N2O7S/c1-15-9-8-10-28(6)26(37-28)24(35-7)23(16(2)11-18-14-38-20(13-29)30-18)36-21(32)12-19(31)27(4,5)25(34)17(3)22(15)33/h11,14-15,17,19,22-24,26,31,33H,8-10,12-13,29H2,1-7H3/b16-11+/t15-,17+,19-,22-,23+,24?,26-,28+/m0/s1. The van der Waals surface area contributed by atoms with Gasteiger partial charge in [0.15, 0.2) is 6.10 Å². The summed E-state index contributed by atoms with van der Waals surface area (Å²) in [6, 6.07) is 0. The molecule has 1 aromatic heterocycles. The third-order valence-corrected chi connectivity index (χ3v) is 9.20. The lowest BCUT2D eigenvalue weighted by Crippen LogP contribution is -2.46. The van der Waals surface area contributed by atoms with Gasteiger partial charge in [0.1, 0.15) is 23.0 Å². The van der Waals surface area contributed by atoms with Gasteiger partial charge in [0.25, 0.3) is 0 Å². The molecule has 38 heavy (non-hydrogen) atoms. The SMILES string of the molecule is COC1[C@@H](/C(C)=C/c2csc(CN)n2)OC(=O)C[C@H](O)C(C)(C)C(=O)[C@H](C)[C@@H](O)[C@@H](C)CCC[C@@]2(C)O[C@@H]12. The molecular formula is C28H44N2O7S. The number of rotatable bonds is 4. The number of nitrogens with two attached hydrogens (primary N) is 1. The average Bonchev–Trinajstić information content (AvgIpc) is 3.30. The number of cyclic esters (lactones) is 1. The number of fused-ring (bicyclic) bond motifs is 1. The van der Waals surface area contributed by atoms with E-state index >= 15 is 0 Å². The Morgan fingerprint density at radius 1 is 1.29 bits per heavy atom. The Labute approximate surface area is 229 Å². The zero-order chi connectivity index (χ0) is 28.4. The van der Waals surface area contributed by atoms with Crippen LogP contribution in [-0.2, 0) is 30.3 Å². The third-order valence-electron chi connectivity index (χ3n) is 8.31. The highest BCUT2D eigenvalue weighted by Crippen LogP contribution is 2.46. The molecule has 2 saturated heterocycles. The van der Waals surface area contributed by atoms with E-state index in [1.807, 2.05) is 32.2 Å². The first kappa shape index (κ1) is 30.8. The second-order valence-electron chi connectivity index (χ2n) is 11.7. The summed E-state index contributed by atoms with van der Waals surface area (Å²) in [4.78, 5) is 31.0. The van der Waals surface area contributed by atoms with Crippen LogP contribution in [-0.4, -0.2) is 70.2 Å². The van der Waals surface area contributed by atoms with E-state index < -0.39 is 47.3 Å². The highest BCUT2D eigenvalue weighted by Gasteiger charge is 2.59. The van der Waals surface area contributed by atoms with Gasteiger partial charge in [0, 0.05) is 25.0 Å². The normalized spacial score (nSPS) is 37.4. The second-order valence-corrected chi connectivity index (χ2v) is 12.6. The number of ether oxygens (including phenoxy) is 3. The van der Waals surface area contributed by atoms with Crippen molar-refractivity contribution in [1.82, 2.24) is 4.98 Å². The Kier molecular flexibility index (Phi) is 9.92. The molecule has 1 aromatic rings. The summed E-state index contributed by atoms with van der Waals surface area (Å²) < 4.78 is 17.9. The largest absolute Gasteiger partial charge is 0.455 e. The topological polar surface area (TPSA) is 144 Å². The molecule has 2 aliphatic heterocycles. The number of Topliss-reactive ketones (excluding diaryl/α,β-unsaturated/α-hetero) is 1. The van der Waals surface area contributed by atoms with Crippen molar-refractivity contribution in [3.05, 3.63) is 21.7 Å². The van der Waals surface area contributed by atoms with E-state index in [9.17, 15) is 19.8 Å². The van der Waals surface area contributed by atoms with E-state index in [0.717, 1.165) is 24.3 Å². The van der Waals surface area contributed by atoms with E-state index in [1.165, 1.54) is 11.3 Å². The van der Waals surface area contributed by atoms with Gasteiger partial charge in [-0.25, -0.2) is 4.98 Å². The zero-order valence-corrected chi connectivity index (χ0v) is 24.4. The lowest BCUT2D eigenvalue weighted by atomic mass is 9.73. The highest BCUT2D eigenvalue weighted by molar-refractivity contribution is 7.09. The Hall–Kier alpha value is -1.69.